The summed E-state index contributed by atoms with van der Waals surface area (Å²) in [4.78, 5) is 0. The number of hydrogen-bond acceptors (Lipinski definition) is 2. The minimum atomic E-state index is 0.369. The molecule has 4 rings (SSSR count). The smallest absolute Gasteiger partial charge is 0.147 e. The van der Waals surface area contributed by atoms with E-state index in [1.54, 1.807) is 5.57 Å². The summed E-state index contributed by atoms with van der Waals surface area (Å²) in [6.45, 7) is 15.9. The van der Waals surface area contributed by atoms with E-state index < -0.39 is 0 Å². The molecule has 0 bridgehead atoms. The van der Waals surface area contributed by atoms with E-state index in [9.17, 15) is 0 Å². The van der Waals surface area contributed by atoms with Gasteiger partial charge in [0.15, 0.2) is 0 Å². The predicted octanol–water partition coefficient (Wildman–Crippen LogP) is 8.41. The average Bonchev–Trinajstić information content (AvgIpc) is 3.11. The molecular formula is C30H52O2. The zero-order valence-corrected chi connectivity index (χ0v) is 22.1. The largest absolute Gasteiger partial charge is 0.356 e. The van der Waals surface area contributed by atoms with E-state index in [2.05, 4.69) is 40.7 Å². The van der Waals surface area contributed by atoms with Gasteiger partial charge in [0.25, 0.3) is 0 Å². The van der Waals surface area contributed by atoms with Crippen LogP contribution in [0.3, 0.4) is 0 Å². The van der Waals surface area contributed by atoms with Crippen molar-refractivity contribution in [3.05, 3.63) is 11.6 Å². The van der Waals surface area contributed by atoms with Crippen LogP contribution in [0, 0.1) is 46.3 Å². The van der Waals surface area contributed by atoms with Gasteiger partial charge in [0.05, 0.1) is 6.10 Å². The maximum atomic E-state index is 6.06. The van der Waals surface area contributed by atoms with Gasteiger partial charge in [0.1, 0.15) is 6.79 Å². The number of allylic oxidation sites excluding steroid dienone is 1. The van der Waals surface area contributed by atoms with Crippen molar-refractivity contribution in [1.29, 1.82) is 0 Å². The Bertz CT molecular complexity index is 653. The summed E-state index contributed by atoms with van der Waals surface area (Å²) >= 11 is 0. The summed E-state index contributed by atoms with van der Waals surface area (Å²) < 4.78 is 11.5. The molecule has 0 spiro atoms. The Morgan fingerprint density at radius 1 is 1.00 bits per heavy atom. The summed E-state index contributed by atoms with van der Waals surface area (Å²) in [5.41, 5.74) is 2.75. The normalized spacial score (nSPS) is 42.2. The molecular weight excluding hydrogens is 392 g/mol. The van der Waals surface area contributed by atoms with Gasteiger partial charge in [-0.05, 0) is 105 Å². The minimum Gasteiger partial charge on any atom is -0.356 e. The van der Waals surface area contributed by atoms with Crippen LogP contribution in [0.1, 0.15) is 112 Å². The van der Waals surface area contributed by atoms with Crippen molar-refractivity contribution in [2.75, 3.05) is 13.4 Å². The lowest BCUT2D eigenvalue weighted by atomic mass is 9.47. The molecule has 4 aliphatic carbocycles. The highest BCUT2D eigenvalue weighted by molar-refractivity contribution is 5.25. The molecule has 2 nitrogen and oxygen atoms in total. The zero-order chi connectivity index (χ0) is 22.9. The van der Waals surface area contributed by atoms with Gasteiger partial charge in [-0.2, -0.15) is 0 Å². The molecule has 4 aliphatic rings. The molecule has 1 unspecified atom stereocenters. The van der Waals surface area contributed by atoms with Crippen LogP contribution < -0.4 is 0 Å². The number of fused-ring (bicyclic) bond motifs is 5. The van der Waals surface area contributed by atoms with E-state index in [-0.39, 0.29) is 0 Å². The number of rotatable bonds is 9. The molecule has 0 aromatic heterocycles. The number of hydrogen-bond donors (Lipinski definition) is 0. The molecule has 0 heterocycles. The topological polar surface area (TPSA) is 18.5 Å². The van der Waals surface area contributed by atoms with Gasteiger partial charge in [-0.1, -0.05) is 65.5 Å². The molecule has 0 saturated heterocycles. The maximum Gasteiger partial charge on any atom is 0.147 e. The van der Waals surface area contributed by atoms with Crippen LogP contribution in [0.4, 0.5) is 0 Å². The highest BCUT2D eigenvalue weighted by Gasteiger charge is 2.59. The molecule has 0 N–H and O–H groups in total. The Hall–Kier alpha value is -0.340. The lowest BCUT2D eigenvalue weighted by Gasteiger charge is -2.58. The Balaban J connectivity index is 1.42. The van der Waals surface area contributed by atoms with E-state index in [1.807, 2.05) is 6.92 Å². The van der Waals surface area contributed by atoms with E-state index in [1.165, 1.54) is 64.2 Å². The van der Waals surface area contributed by atoms with Crippen LogP contribution in [0.25, 0.3) is 0 Å². The fourth-order valence-electron chi connectivity index (χ4n) is 9.02. The molecule has 0 amide bonds. The first-order chi connectivity index (χ1) is 15.3. The van der Waals surface area contributed by atoms with Crippen LogP contribution in [-0.4, -0.2) is 19.5 Å². The van der Waals surface area contributed by atoms with Crippen molar-refractivity contribution in [3.63, 3.8) is 0 Å². The van der Waals surface area contributed by atoms with E-state index in [0.29, 0.717) is 23.7 Å². The highest BCUT2D eigenvalue weighted by atomic mass is 16.7. The van der Waals surface area contributed by atoms with Crippen molar-refractivity contribution in [2.24, 2.45) is 46.3 Å². The van der Waals surface area contributed by atoms with Crippen LogP contribution in [0.15, 0.2) is 11.6 Å². The second kappa shape index (κ2) is 10.1. The molecule has 0 aliphatic heterocycles. The SMILES string of the molecule is CCOCOC1CC[C@@]2(C)C(=CC[C@H]3[C@@H]4CC[C@H]([C@H](C)CCCC(C)C)[C@@]4(C)CC[C@@H]32)C1. The molecule has 3 fully saturated rings. The van der Waals surface area contributed by atoms with Gasteiger partial charge < -0.3 is 9.47 Å². The second-order valence-electron chi connectivity index (χ2n) is 12.9. The Morgan fingerprint density at radius 2 is 1.81 bits per heavy atom. The summed E-state index contributed by atoms with van der Waals surface area (Å²) in [6, 6.07) is 0. The van der Waals surface area contributed by atoms with Crippen molar-refractivity contribution >= 4 is 0 Å². The summed E-state index contributed by atoms with van der Waals surface area (Å²) in [6.07, 6.45) is 18.3. The molecule has 8 atom stereocenters. The van der Waals surface area contributed by atoms with Crippen LogP contribution in [0.5, 0.6) is 0 Å². The minimum absolute atomic E-state index is 0.369. The van der Waals surface area contributed by atoms with Gasteiger partial charge in [-0.25, -0.2) is 0 Å². The lowest BCUT2D eigenvalue weighted by molar-refractivity contribution is -0.108. The molecule has 3 saturated carbocycles. The standard InChI is InChI=1S/C30H52O2/c1-7-31-20-32-24-15-17-29(5)23(19-24)11-12-25-27-14-13-26(22(4)10-8-9-21(2)3)30(27,6)18-16-28(25)29/h11,21-22,24-28H,7-10,12-20H2,1-6H3/t22-,24?,25+,26-,27+,28+,29+,30-/m1/s1. The fraction of sp³-hybridized carbons (Fsp3) is 0.933. The van der Waals surface area contributed by atoms with Crippen molar-refractivity contribution in [2.45, 2.75) is 118 Å². The van der Waals surface area contributed by atoms with Crippen LogP contribution in [-0.2, 0) is 9.47 Å². The van der Waals surface area contributed by atoms with Gasteiger partial charge >= 0.3 is 0 Å². The van der Waals surface area contributed by atoms with Gasteiger partial charge in [0.2, 0.25) is 0 Å². The average molecular weight is 445 g/mol. The molecule has 0 aromatic carbocycles. The van der Waals surface area contributed by atoms with E-state index in [0.717, 1.165) is 48.5 Å². The monoisotopic (exact) mass is 444 g/mol. The van der Waals surface area contributed by atoms with Crippen LogP contribution in [0.2, 0.25) is 0 Å². The first kappa shape index (κ1) is 24.8. The fourth-order valence-corrected chi connectivity index (χ4v) is 9.02. The molecule has 0 aromatic rings. The lowest BCUT2D eigenvalue weighted by Crippen LogP contribution is -2.51. The quantitative estimate of drug-likeness (QED) is 0.202. The van der Waals surface area contributed by atoms with Crippen LogP contribution >= 0.6 is 0 Å². The number of ether oxygens (including phenoxy) is 2. The van der Waals surface area contributed by atoms with Gasteiger partial charge in [0, 0.05) is 6.61 Å². The Labute approximate surface area is 199 Å². The van der Waals surface area contributed by atoms with Crippen molar-refractivity contribution in [3.8, 4) is 0 Å². The first-order valence-corrected chi connectivity index (χ1v) is 14.2. The Morgan fingerprint density at radius 3 is 2.56 bits per heavy atom. The van der Waals surface area contributed by atoms with Gasteiger partial charge in [-0.15, -0.1) is 0 Å². The van der Waals surface area contributed by atoms with E-state index in [4.69, 9.17) is 9.47 Å². The summed E-state index contributed by atoms with van der Waals surface area (Å²) in [5, 5.41) is 0. The second-order valence-corrected chi connectivity index (χ2v) is 12.9. The predicted molar refractivity (Wildman–Crippen MR) is 134 cm³/mol. The Kier molecular flexibility index (Phi) is 7.82. The molecule has 0 radical (unpaired) electrons. The molecule has 184 valence electrons. The highest BCUT2D eigenvalue weighted by Crippen LogP contribution is 2.67. The maximum absolute atomic E-state index is 6.06. The third kappa shape index (κ3) is 4.61. The summed E-state index contributed by atoms with van der Waals surface area (Å²) in [5.74, 6) is 5.51. The van der Waals surface area contributed by atoms with Crippen molar-refractivity contribution in [1.82, 2.24) is 0 Å². The summed E-state index contributed by atoms with van der Waals surface area (Å²) in [7, 11) is 0. The molecule has 32 heavy (non-hydrogen) atoms. The molecule has 2 heteroatoms. The first-order valence-electron chi connectivity index (χ1n) is 14.2. The van der Waals surface area contributed by atoms with Crippen molar-refractivity contribution < 1.29 is 9.47 Å². The third-order valence-corrected chi connectivity index (χ3v) is 10.9. The third-order valence-electron chi connectivity index (χ3n) is 10.9. The van der Waals surface area contributed by atoms with E-state index >= 15 is 0 Å². The zero-order valence-electron chi connectivity index (χ0n) is 22.1. The van der Waals surface area contributed by atoms with Gasteiger partial charge in [-0.3, -0.25) is 0 Å².